The number of esters is 1. The molecule has 1 N–H and O–H groups in total. The smallest absolute Gasteiger partial charge is 0.323 e. The lowest BCUT2D eigenvalue weighted by Gasteiger charge is -2.38. The molecule has 3 aromatic heterocycles. The minimum Gasteiger partial charge on any atom is -0.465 e. The van der Waals surface area contributed by atoms with E-state index in [1.807, 2.05) is 19.2 Å². The second-order valence-corrected chi connectivity index (χ2v) is 10.3. The SMILES string of the molecule is CCCc1nc2ccc(N3CCN(C(C)C(=O)OCC)CC3)cn2c1Nc1nc(-c2ccc(F)cc2)cs1. The van der Waals surface area contributed by atoms with Crippen molar-refractivity contribution in [2.45, 2.75) is 39.7 Å². The number of nitrogens with zero attached hydrogens (tertiary/aromatic N) is 5. The predicted octanol–water partition coefficient (Wildman–Crippen LogP) is 5.37. The Bertz CT molecular complexity index is 1390. The quantitative estimate of drug-likeness (QED) is 0.289. The van der Waals surface area contributed by atoms with E-state index in [1.54, 1.807) is 12.1 Å². The van der Waals surface area contributed by atoms with Gasteiger partial charge in [0.2, 0.25) is 0 Å². The number of benzene rings is 1. The Kier molecular flexibility index (Phi) is 7.90. The zero-order chi connectivity index (χ0) is 26.6. The third-order valence-electron chi connectivity index (χ3n) is 6.89. The highest BCUT2D eigenvalue weighted by Gasteiger charge is 2.27. The van der Waals surface area contributed by atoms with E-state index in [9.17, 15) is 9.18 Å². The Labute approximate surface area is 226 Å². The van der Waals surface area contributed by atoms with Crippen LogP contribution in [0.4, 0.5) is 21.0 Å². The maximum absolute atomic E-state index is 13.3. The summed E-state index contributed by atoms with van der Waals surface area (Å²) in [6, 6.07) is 10.3. The highest BCUT2D eigenvalue weighted by Crippen LogP contribution is 2.31. The summed E-state index contributed by atoms with van der Waals surface area (Å²) >= 11 is 1.51. The van der Waals surface area contributed by atoms with Gasteiger partial charge in [-0.1, -0.05) is 13.3 Å². The van der Waals surface area contributed by atoms with Crippen molar-refractivity contribution in [2.24, 2.45) is 0 Å². The fourth-order valence-electron chi connectivity index (χ4n) is 4.78. The fraction of sp³-hybridized carbons (Fsp3) is 0.393. The first kappa shape index (κ1) is 26.1. The van der Waals surface area contributed by atoms with Crippen LogP contribution in [0.3, 0.4) is 0 Å². The lowest BCUT2D eigenvalue weighted by molar-refractivity contribution is -0.149. The lowest BCUT2D eigenvalue weighted by Crippen LogP contribution is -2.52. The fourth-order valence-corrected chi connectivity index (χ4v) is 5.50. The van der Waals surface area contributed by atoms with Gasteiger partial charge in [-0.15, -0.1) is 11.3 Å². The normalized spacial score (nSPS) is 15.1. The molecule has 0 bridgehead atoms. The van der Waals surface area contributed by atoms with Crippen LogP contribution in [0.5, 0.6) is 0 Å². The summed E-state index contributed by atoms with van der Waals surface area (Å²) in [6.07, 6.45) is 3.95. The molecule has 200 valence electrons. The van der Waals surface area contributed by atoms with Crippen LogP contribution in [-0.2, 0) is 16.0 Å². The van der Waals surface area contributed by atoms with Gasteiger partial charge in [0.25, 0.3) is 0 Å². The first-order valence-electron chi connectivity index (χ1n) is 13.1. The molecule has 0 aliphatic carbocycles. The maximum Gasteiger partial charge on any atom is 0.323 e. The van der Waals surface area contributed by atoms with Gasteiger partial charge in [0.1, 0.15) is 23.3 Å². The van der Waals surface area contributed by atoms with Gasteiger partial charge in [-0.3, -0.25) is 14.1 Å². The van der Waals surface area contributed by atoms with Gasteiger partial charge in [-0.2, -0.15) is 0 Å². The average molecular weight is 537 g/mol. The van der Waals surface area contributed by atoms with Gasteiger partial charge in [0.15, 0.2) is 5.13 Å². The van der Waals surface area contributed by atoms with Crippen LogP contribution in [-0.4, -0.2) is 64.1 Å². The number of anilines is 3. The molecule has 0 amide bonds. The number of pyridine rings is 1. The predicted molar refractivity (Wildman–Crippen MR) is 150 cm³/mol. The van der Waals surface area contributed by atoms with Crippen molar-refractivity contribution in [2.75, 3.05) is 43.0 Å². The van der Waals surface area contributed by atoms with Crippen molar-refractivity contribution in [3.63, 3.8) is 0 Å². The van der Waals surface area contributed by atoms with Crippen molar-refractivity contribution < 1.29 is 13.9 Å². The molecule has 4 aromatic rings. The molecule has 38 heavy (non-hydrogen) atoms. The second-order valence-electron chi connectivity index (χ2n) is 9.39. The molecule has 1 aliphatic heterocycles. The Morgan fingerprint density at radius 3 is 2.58 bits per heavy atom. The highest BCUT2D eigenvalue weighted by molar-refractivity contribution is 7.14. The molecular formula is C28H33FN6O2S. The number of fused-ring (bicyclic) bond motifs is 1. The van der Waals surface area contributed by atoms with E-state index in [-0.39, 0.29) is 17.8 Å². The summed E-state index contributed by atoms with van der Waals surface area (Å²) < 4.78 is 20.6. The number of piperazine rings is 1. The largest absolute Gasteiger partial charge is 0.465 e. The van der Waals surface area contributed by atoms with E-state index in [2.05, 4.69) is 44.8 Å². The zero-order valence-corrected chi connectivity index (χ0v) is 22.8. The molecule has 1 unspecified atom stereocenters. The molecule has 10 heteroatoms. The molecule has 1 saturated heterocycles. The summed E-state index contributed by atoms with van der Waals surface area (Å²) in [5, 5.41) is 6.25. The number of thiazole rings is 1. The highest BCUT2D eigenvalue weighted by atomic mass is 32.1. The Morgan fingerprint density at radius 2 is 1.87 bits per heavy atom. The molecule has 5 rings (SSSR count). The van der Waals surface area contributed by atoms with Crippen molar-refractivity contribution >= 4 is 39.6 Å². The van der Waals surface area contributed by atoms with Crippen LogP contribution in [0.15, 0.2) is 48.0 Å². The molecule has 0 saturated carbocycles. The molecule has 1 fully saturated rings. The van der Waals surface area contributed by atoms with Crippen molar-refractivity contribution in [1.29, 1.82) is 0 Å². The van der Waals surface area contributed by atoms with E-state index in [1.165, 1.54) is 23.5 Å². The number of imidazole rings is 1. The second kappa shape index (κ2) is 11.5. The number of hydrogen-bond donors (Lipinski definition) is 1. The summed E-state index contributed by atoms with van der Waals surface area (Å²) in [6.45, 7) is 9.52. The van der Waals surface area contributed by atoms with Crippen molar-refractivity contribution in [3.05, 3.63) is 59.5 Å². The zero-order valence-electron chi connectivity index (χ0n) is 22.0. The van der Waals surface area contributed by atoms with Crippen LogP contribution in [0.25, 0.3) is 16.9 Å². The minimum atomic E-state index is -0.261. The van der Waals surface area contributed by atoms with Gasteiger partial charge < -0.3 is 15.0 Å². The molecular weight excluding hydrogens is 503 g/mol. The molecule has 8 nitrogen and oxygen atoms in total. The third-order valence-corrected chi connectivity index (χ3v) is 7.64. The van der Waals surface area contributed by atoms with Gasteiger partial charge >= 0.3 is 5.97 Å². The Balaban J connectivity index is 1.36. The molecule has 1 aliphatic rings. The minimum absolute atomic E-state index is 0.162. The van der Waals surface area contributed by atoms with E-state index in [0.717, 1.165) is 78.3 Å². The number of aryl methyl sites for hydroxylation is 1. The molecule has 0 radical (unpaired) electrons. The average Bonchev–Trinajstić information content (AvgIpc) is 3.54. The number of aromatic nitrogens is 3. The number of halogens is 1. The van der Waals surface area contributed by atoms with Gasteiger partial charge in [0, 0.05) is 43.3 Å². The number of nitrogens with one attached hydrogen (secondary N) is 1. The van der Waals surface area contributed by atoms with Crippen LogP contribution in [0.2, 0.25) is 0 Å². The summed E-state index contributed by atoms with van der Waals surface area (Å²) in [5.41, 5.74) is 4.66. The third kappa shape index (κ3) is 5.51. The van der Waals surface area contributed by atoms with E-state index in [4.69, 9.17) is 14.7 Å². The number of rotatable bonds is 9. The maximum atomic E-state index is 13.3. The lowest BCUT2D eigenvalue weighted by atomic mass is 10.2. The van der Waals surface area contributed by atoms with Crippen LogP contribution >= 0.6 is 11.3 Å². The monoisotopic (exact) mass is 536 g/mol. The van der Waals surface area contributed by atoms with Gasteiger partial charge in [-0.25, -0.2) is 14.4 Å². The molecule has 1 atom stereocenters. The number of carbonyl (C=O) groups is 1. The number of ether oxygens (including phenoxy) is 1. The number of hydrogen-bond acceptors (Lipinski definition) is 8. The topological polar surface area (TPSA) is 75.0 Å². The molecule has 4 heterocycles. The molecule has 0 spiro atoms. The van der Waals surface area contributed by atoms with E-state index >= 15 is 0 Å². The number of carbonyl (C=O) groups excluding carboxylic acids is 1. The summed E-state index contributed by atoms with van der Waals surface area (Å²) in [7, 11) is 0. The Hall–Kier alpha value is -3.50. The standard InChI is InChI=1S/C28H33FN6O2S/c1-4-6-23-26(32-28-31-24(18-38-28)20-7-9-21(29)10-8-20)35-17-22(11-12-25(35)30-23)34-15-13-33(14-16-34)19(3)27(36)37-5-2/h7-12,17-19H,4-6,13-16H2,1-3H3,(H,31,32). The van der Waals surface area contributed by atoms with E-state index in [0.29, 0.717) is 6.61 Å². The molecule has 1 aromatic carbocycles. The first-order valence-corrected chi connectivity index (χ1v) is 14.0. The van der Waals surface area contributed by atoms with Crippen LogP contribution in [0, 0.1) is 5.82 Å². The van der Waals surface area contributed by atoms with Gasteiger partial charge in [-0.05, 0) is 56.7 Å². The van der Waals surface area contributed by atoms with Crippen molar-refractivity contribution in [3.8, 4) is 11.3 Å². The van der Waals surface area contributed by atoms with Crippen LogP contribution < -0.4 is 10.2 Å². The first-order chi connectivity index (χ1) is 18.5. The summed E-state index contributed by atoms with van der Waals surface area (Å²) in [4.78, 5) is 26.3. The van der Waals surface area contributed by atoms with E-state index < -0.39 is 0 Å². The van der Waals surface area contributed by atoms with Gasteiger partial charge in [0.05, 0.1) is 23.7 Å². The van der Waals surface area contributed by atoms with Crippen molar-refractivity contribution in [1.82, 2.24) is 19.3 Å². The summed E-state index contributed by atoms with van der Waals surface area (Å²) in [5.74, 6) is 0.492. The Morgan fingerprint density at radius 1 is 1.11 bits per heavy atom. The van der Waals surface area contributed by atoms with Crippen LogP contribution in [0.1, 0.15) is 32.9 Å².